The third kappa shape index (κ3) is 7.01. The predicted octanol–water partition coefficient (Wildman–Crippen LogP) is 7.37. The van der Waals surface area contributed by atoms with Crippen molar-refractivity contribution in [2.24, 2.45) is 23.7 Å². The second kappa shape index (κ2) is 15.2. The highest BCUT2D eigenvalue weighted by atomic mass is 16.5. The highest BCUT2D eigenvalue weighted by Gasteiger charge is 2.53. The summed E-state index contributed by atoms with van der Waals surface area (Å²) >= 11 is 0. The van der Waals surface area contributed by atoms with E-state index in [2.05, 4.69) is 73.8 Å². The molecule has 2 aliphatic carbocycles. The molecule has 0 spiro atoms. The molecule has 2 aromatic carbocycles. The second-order valence-electron chi connectivity index (χ2n) is 15.5. The lowest BCUT2D eigenvalue weighted by molar-refractivity contribution is -0.135. The van der Waals surface area contributed by atoms with E-state index in [9.17, 15) is 14.4 Å². The molecule has 12 heteroatoms. The number of carbonyl (C=O) groups excluding carboxylic acids is 3. The van der Waals surface area contributed by atoms with E-state index in [0.717, 1.165) is 77.4 Å². The molecule has 3 fully saturated rings. The first-order valence-electron chi connectivity index (χ1n) is 19.3. The third-order valence-corrected chi connectivity index (χ3v) is 12.0. The van der Waals surface area contributed by atoms with Gasteiger partial charge in [-0.05, 0) is 84.2 Å². The molecular formula is C43H48N8O4. The Kier molecular flexibility index (Phi) is 9.98. The molecule has 3 aliphatic rings. The number of aromatic nitrogens is 5. The van der Waals surface area contributed by atoms with Gasteiger partial charge in [-0.2, -0.15) is 0 Å². The number of ether oxygens (including phenoxy) is 1. The van der Waals surface area contributed by atoms with Crippen molar-refractivity contribution in [3.05, 3.63) is 97.0 Å². The van der Waals surface area contributed by atoms with Crippen LogP contribution in [0, 0.1) is 23.7 Å². The SMILES string of the molecule is COC(=O)N[C@H](C(=O)N1CCC[C@H]1c1ncc(-c2ccc(-c3ccc(-c4cnc([C@H]5C6CCC(C6)[C@@H]5C(=O)N(C)c5ccccn5)[nH]4)cc3)cc2)[nH]1)C(C)C. The number of alkyl carbamates (subject to hydrolysis) is 1. The number of pyridine rings is 1. The highest BCUT2D eigenvalue weighted by Crippen LogP contribution is 2.56. The largest absolute Gasteiger partial charge is 0.453 e. The monoisotopic (exact) mass is 740 g/mol. The molecule has 2 unspecified atom stereocenters. The number of aromatic amines is 2. The van der Waals surface area contributed by atoms with Crippen molar-refractivity contribution in [1.82, 2.24) is 35.1 Å². The summed E-state index contributed by atoms with van der Waals surface area (Å²) in [4.78, 5) is 63.9. The van der Waals surface area contributed by atoms with Crippen LogP contribution in [-0.2, 0) is 14.3 Å². The van der Waals surface area contributed by atoms with E-state index in [1.807, 2.05) is 56.4 Å². The number of benzene rings is 2. The van der Waals surface area contributed by atoms with Crippen LogP contribution in [0.1, 0.15) is 69.6 Å². The van der Waals surface area contributed by atoms with Crippen molar-refractivity contribution < 1.29 is 19.1 Å². The van der Waals surface area contributed by atoms with Gasteiger partial charge in [0, 0.05) is 25.7 Å². The van der Waals surface area contributed by atoms with Gasteiger partial charge >= 0.3 is 6.09 Å². The maximum Gasteiger partial charge on any atom is 0.407 e. The molecule has 3 amide bonds. The number of fused-ring (bicyclic) bond motifs is 2. The number of H-pyrrole nitrogens is 2. The average molecular weight is 741 g/mol. The van der Waals surface area contributed by atoms with Gasteiger partial charge in [0.05, 0.1) is 42.9 Å². The molecule has 12 nitrogen and oxygen atoms in total. The van der Waals surface area contributed by atoms with E-state index in [-0.39, 0.29) is 35.6 Å². The standard InChI is InChI=1S/C43H48N8O4/c1-25(2)38(49-43(54)55-4)42(53)51-21-7-8-34(51)39-45-23-32(47-39)28-14-10-26(11-15-28)27-12-16-29(17-13-27)33-24-46-40(48-33)36-30-18-19-31(22-30)37(36)41(52)50(3)35-9-5-6-20-44-35/h5-6,9-17,20,23-25,30-31,34,36-38H,7-8,18-19,21-22H2,1-4H3,(H,45,47)(H,46,48)(H,49,54)/t30?,31?,34-,36-,37-,38-/m0/s1. The zero-order valence-electron chi connectivity index (χ0n) is 31.7. The Bertz CT molecular complexity index is 2140. The maximum absolute atomic E-state index is 13.8. The number of amides is 3. The molecule has 8 rings (SSSR count). The summed E-state index contributed by atoms with van der Waals surface area (Å²) in [6, 6.07) is 21.6. The average Bonchev–Trinajstić information content (AvgIpc) is 4.08. The Balaban J connectivity index is 0.935. The number of imidazole rings is 2. The van der Waals surface area contributed by atoms with Crippen molar-refractivity contribution in [3.63, 3.8) is 0 Å². The lowest BCUT2D eigenvalue weighted by Crippen LogP contribution is -2.51. The Labute approximate surface area is 321 Å². The Morgan fingerprint density at radius 3 is 2.05 bits per heavy atom. The number of anilines is 1. The minimum atomic E-state index is -0.677. The summed E-state index contributed by atoms with van der Waals surface area (Å²) in [6.45, 7) is 4.42. The number of likely N-dealkylation sites (tertiary alicyclic amines) is 1. The van der Waals surface area contributed by atoms with E-state index in [1.54, 1.807) is 11.1 Å². The normalized spacial score (nSPS) is 22.2. The van der Waals surface area contributed by atoms with Crippen LogP contribution in [0.2, 0.25) is 0 Å². The number of hydrogen-bond donors (Lipinski definition) is 3. The number of hydrogen-bond acceptors (Lipinski definition) is 7. The first-order chi connectivity index (χ1) is 26.7. The van der Waals surface area contributed by atoms with Crippen LogP contribution in [-0.4, -0.2) is 74.5 Å². The maximum atomic E-state index is 13.8. The zero-order valence-corrected chi connectivity index (χ0v) is 31.7. The number of methoxy groups -OCH3 is 1. The Morgan fingerprint density at radius 1 is 0.818 bits per heavy atom. The van der Waals surface area contributed by atoms with Crippen molar-refractivity contribution >= 4 is 23.7 Å². The van der Waals surface area contributed by atoms with Crippen LogP contribution in [0.25, 0.3) is 33.6 Å². The van der Waals surface area contributed by atoms with Crippen LogP contribution < -0.4 is 10.2 Å². The predicted molar refractivity (Wildman–Crippen MR) is 210 cm³/mol. The fraction of sp³-hybridized carbons (Fsp3) is 0.395. The molecule has 2 saturated carbocycles. The fourth-order valence-electron chi connectivity index (χ4n) is 9.11. The lowest BCUT2D eigenvalue weighted by Gasteiger charge is -2.31. The van der Waals surface area contributed by atoms with Gasteiger partial charge in [0.2, 0.25) is 11.8 Å². The van der Waals surface area contributed by atoms with E-state index < -0.39 is 12.1 Å². The van der Waals surface area contributed by atoms with Gasteiger partial charge in [-0.25, -0.2) is 19.7 Å². The second-order valence-corrected chi connectivity index (χ2v) is 15.5. The number of nitrogens with one attached hydrogen (secondary N) is 3. The van der Waals surface area contributed by atoms with Gasteiger partial charge in [0.1, 0.15) is 23.5 Å². The van der Waals surface area contributed by atoms with E-state index >= 15 is 0 Å². The lowest BCUT2D eigenvalue weighted by atomic mass is 9.78. The van der Waals surface area contributed by atoms with Crippen molar-refractivity contribution in [1.29, 1.82) is 0 Å². The zero-order chi connectivity index (χ0) is 38.2. The summed E-state index contributed by atoms with van der Waals surface area (Å²) in [7, 11) is 3.13. The van der Waals surface area contributed by atoms with Crippen LogP contribution in [0.3, 0.4) is 0 Å². The fourth-order valence-corrected chi connectivity index (χ4v) is 9.11. The molecule has 1 saturated heterocycles. The molecule has 5 aromatic rings. The highest BCUT2D eigenvalue weighted by molar-refractivity contribution is 5.95. The topological polar surface area (TPSA) is 149 Å². The van der Waals surface area contributed by atoms with Crippen LogP contribution in [0.15, 0.2) is 85.3 Å². The van der Waals surface area contributed by atoms with Crippen molar-refractivity contribution in [3.8, 4) is 33.6 Å². The molecule has 0 radical (unpaired) electrons. The van der Waals surface area contributed by atoms with Gasteiger partial charge in [0.25, 0.3) is 0 Å². The van der Waals surface area contributed by atoms with Gasteiger partial charge < -0.3 is 24.9 Å². The molecule has 3 aromatic heterocycles. The molecule has 55 heavy (non-hydrogen) atoms. The molecule has 4 heterocycles. The van der Waals surface area contributed by atoms with Gasteiger partial charge in [-0.3, -0.25) is 14.5 Å². The summed E-state index contributed by atoms with van der Waals surface area (Å²) < 4.78 is 4.76. The molecular weight excluding hydrogens is 693 g/mol. The number of rotatable bonds is 10. The molecule has 2 bridgehead atoms. The molecule has 1 aliphatic heterocycles. The van der Waals surface area contributed by atoms with Crippen LogP contribution >= 0.6 is 0 Å². The van der Waals surface area contributed by atoms with Crippen molar-refractivity contribution in [2.45, 2.75) is 64.0 Å². The molecule has 6 atom stereocenters. The van der Waals surface area contributed by atoms with Gasteiger partial charge in [-0.1, -0.05) is 68.4 Å². The summed E-state index contributed by atoms with van der Waals surface area (Å²) in [6.07, 6.45) is 9.77. The van der Waals surface area contributed by atoms with Crippen LogP contribution in [0.4, 0.5) is 10.6 Å². The smallest absolute Gasteiger partial charge is 0.407 e. The quantitative estimate of drug-likeness (QED) is 0.135. The number of carbonyl (C=O) groups is 3. The summed E-state index contributed by atoms with van der Waals surface area (Å²) in [5.74, 6) is 3.00. The third-order valence-electron chi connectivity index (χ3n) is 12.0. The van der Waals surface area contributed by atoms with Gasteiger partial charge in [-0.15, -0.1) is 0 Å². The summed E-state index contributed by atoms with van der Waals surface area (Å²) in [5.41, 5.74) is 6.04. The van der Waals surface area contributed by atoms with E-state index in [0.29, 0.717) is 24.2 Å². The minimum absolute atomic E-state index is 0.0714. The summed E-state index contributed by atoms with van der Waals surface area (Å²) in [5, 5.41) is 2.70. The van der Waals surface area contributed by atoms with Crippen molar-refractivity contribution in [2.75, 3.05) is 25.6 Å². The molecule has 3 N–H and O–H groups in total. The Hall–Kier alpha value is -5.78. The van der Waals surface area contributed by atoms with E-state index in [1.165, 1.54) is 7.11 Å². The van der Waals surface area contributed by atoms with E-state index in [4.69, 9.17) is 9.72 Å². The van der Waals surface area contributed by atoms with Crippen LogP contribution in [0.5, 0.6) is 0 Å². The Morgan fingerprint density at radius 2 is 1.44 bits per heavy atom. The first kappa shape index (κ1) is 36.2. The molecule has 284 valence electrons. The number of nitrogens with zero attached hydrogens (tertiary/aromatic N) is 5. The minimum Gasteiger partial charge on any atom is -0.453 e. The first-order valence-corrected chi connectivity index (χ1v) is 19.3. The van der Waals surface area contributed by atoms with Gasteiger partial charge in [0.15, 0.2) is 0 Å².